The number of nitrogens with zero attached hydrogens (tertiary/aromatic N) is 1. The van der Waals surface area contributed by atoms with Gasteiger partial charge in [0.05, 0.1) is 11.8 Å². The van der Waals surface area contributed by atoms with E-state index in [1.54, 1.807) is 6.08 Å². The number of aliphatic hydroxyl groups excluding tert-OH is 1. The van der Waals surface area contributed by atoms with Crippen molar-refractivity contribution in [2.24, 2.45) is 4.99 Å². The summed E-state index contributed by atoms with van der Waals surface area (Å²) in [6, 6.07) is 0. The molecule has 0 radical (unpaired) electrons. The standard InChI is InChI=1S/C7H8INO2/c8-5-1-2-6(9-4-10)7(11)3-5/h2,5,7,11H,1,3H2. The molecule has 1 aliphatic carbocycles. The molecule has 1 aliphatic rings. The third-order valence-electron chi connectivity index (χ3n) is 1.58. The molecule has 1 N–H and O–H groups in total. The summed E-state index contributed by atoms with van der Waals surface area (Å²) >= 11 is 2.27. The number of isocyanates is 1. The molecule has 2 unspecified atom stereocenters. The monoisotopic (exact) mass is 265 g/mol. The molecule has 0 bridgehead atoms. The molecule has 0 saturated carbocycles. The van der Waals surface area contributed by atoms with Gasteiger partial charge in [-0.2, -0.15) is 4.99 Å². The smallest absolute Gasteiger partial charge is 0.240 e. The van der Waals surface area contributed by atoms with Crippen LogP contribution in [0.15, 0.2) is 16.8 Å². The molecule has 1 rings (SSSR count). The first-order chi connectivity index (χ1) is 5.24. The number of halogens is 1. The fourth-order valence-electron chi connectivity index (χ4n) is 1.02. The Morgan fingerprint density at radius 3 is 3.09 bits per heavy atom. The molecule has 0 aliphatic heterocycles. The molecule has 0 fully saturated rings. The van der Waals surface area contributed by atoms with E-state index in [1.165, 1.54) is 6.08 Å². The molecule has 0 aromatic heterocycles. The van der Waals surface area contributed by atoms with Crippen molar-refractivity contribution >= 4 is 28.7 Å². The lowest BCUT2D eigenvalue weighted by Crippen LogP contribution is -2.19. The van der Waals surface area contributed by atoms with E-state index in [9.17, 15) is 9.90 Å². The topological polar surface area (TPSA) is 49.7 Å². The van der Waals surface area contributed by atoms with Gasteiger partial charge in [0.2, 0.25) is 6.08 Å². The summed E-state index contributed by atoms with van der Waals surface area (Å²) in [5.41, 5.74) is 0.466. The fraction of sp³-hybridized carbons (Fsp3) is 0.571. The molecule has 11 heavy (non-hydrogen) atoms. The zero-order valence-corrected chi connectivity index (χ0v) is 7.98. The molecule has 0 amide bonds. The average Bonchev–Trinajstić information content (AvgIpc) is 1.95. The van der Waals surface area contributed by atoms with E-state index >= 15 is 0 Å². The highest BCUT2D eigenvalue weighted by Crippen LogP contribution is 2.24. The van der Waals surface area contributed by atoms with E-state index in [4.69, 9.17) is 0 Å². The second-order valence-electron chi connectivity index (χ2n) is 2.42. The molecule has 2 atom stereocenters. The van der Waals surface area contributed by atoms with Crippen molar-refractivity contribution < 1.29 is 9.90 Å². The maximum Gasteiger partial charge on any atom is 0.240 e. The Kier molecular flexibility index (Phi) is 3.23. The molecule has 0 saturated heterocycles. The maximum atomic E-state index is 9.85. The Hall–Kier alpha value is -0.190. The Balaban J connectivity index is 2.72. The van der Waals surface area contributed by atoms with Crippen LogP contribution in [0.25, 0.3) is 0 Å². The number of aliphatic imine (C=N–C) groups is 1. The van der Waals surface area contributed by atoms with Crippen molar-refractivity contribution in [1.82, 2.24) is 0 Å². The molecule has 0 aromatic carbocycles. The molecule has 3 nitrogen and oxygen atoms in total. The van der Waals surface area contributed by atoms with Gasteiger partial charge in [0, 0.05) is 3.92 Å². The molecule has 0 spiro atoms. The Bertz CT molecular complexity index is 220. The minimum Gasteiger partial charge on any atom is -0.387 e. The normalized spacial score (nSPS) is 30.5. The predicted octanol–water partition coefficient (Wildman–Crippen LogP) is 1.16. The largest absolute Gasteiger partial charge is 0.387 e. The van der Waals surface area contributed by atoms with E-state index in [-0.39, 0.29) is 0 Å². The first kappa shape index (κ1) is 8.90. The fourth-order valence-corrected chi connectivity index (χ4v) is 1.75. The SMILES string of the molecule is O=C=NC1=CCC(I)CC1O. The van der Waals surface area contributed by atoms with Gasteiger partial charge < -0.3 is 5.11 Å². The Morgan fingerprint density at radius 1 is 1.82 bits per heavy atom. The number of aliphatic hydroxyl groups is 1. The van der Waals surface area contributed by atoms with Crippen LogP contribution in [-0.4, -0.2) is 21.2 Å². The molecule has 60 valence electrons. The first-order valence-corrected chi connectivity index (χ1v) is 4.58. The number of hydrogen-bond donors (Lipinski definition) is 1. The minimum atomic E-state index is -0.577. The molecular weight excluding hydrogens is 257 g/mol. The van der Waals surface area contributed by atoms with Crippen LogP contribution in [0.5, 0.6) is 0 Å². The first-order valence-electron chi connectivity index (χ1n) is 3.34. The van der Waals surface area contributed by atoms with Gasteiger partial charge in [-0.1, -0.05) is 28.7 Å². The van der Waals surface area contributed by atoms with Gasteiger partial charge >= 0.3 is 0 Å². The van der Waals surface area contributed by atoms with E-state index in [1.807, 2.05) is 0 Å². The van der Waals surface area contributed by atoms with Crippen LogP contribution in [0, 0.1) is 0 Å². The lowest BCUT2D eigenvalue weighted by atomic mass is 10.0. The van der Waals surface area contributed by atoms with Crippen LogP contribution in [0.2, 0.25) is 0 Å². The van der Waals surface area contributed by atoms with Crippen molar-refractivity contribution in [3.8, 4) is 0 Å². The summed E-state index contributed by atoms with van der Waals surface area (Å²) in [5, 5.41) is 9.32. The summed E-state index contributed by atoms with van der Waals surface area (Å²) < 4.78 is 0.452. The number of hydrogen-bond acceptors (Lipinski definition) is 3. The second-order valence-corrected chi connectivity index (χ2v) is 4.18. The van der Waals surface area contributed by atoms with Crippen molar-refractivity contribution in [3.63, 3.8) is 0 Å². The summed E-state index contributed by atoms with van der Waals surface area (Å²) in [6.07, 6.45) is 4.19. The van der Waals surface area contributed by atoms with Crippen LogP contribution in [0.3, 0.4) is 0 Å². The molecule has 0 heterocycles. The van der Waals surface area contributed by atoms with E-state index in [2.05, 4.69) is 27.6 Å². The predicted molar refractivity (Wildman–Crippen MR) is 49.3 cm³/mol. The van der Waals surface area contributed by atoms with Crippen LogP contribution in [0.4, 0.5) is 0 Å². The van der Waals surface area contributed by atoms with Gasteiger partial charge in [0.25, 0.3) is 0 Å². The van der Waals surface area contributed by atoms with Gasteiger partial charge in [-0.25, -0.2) is 4.79 Å². The molecule has 0 aromatic rings. The number of carbonyl (C=O) groups excluding carboxylic acids is 1. The Labute approximate surface area is 78.3 Å². The maximum absolute atomic E-state index is 9.85. The van der Waals surface area contributed by atoms with Crippen molar-refractivity contribution in [1.29, 1.82) is 0 Å². The summed E-state index contributed by atoms with van der Waals surface area (Å²) in [6.45, 7) is 0. The van der Waals surface area contributed by atoms with Crippen molar-refractivity contribution in [3.05, 3.63) is 11.8 Å². The Morgan fingerprint density at radius 2 is 2.55 bits per heavy atom. The van der Waals surface area contributed by atoms with E-state index in [0.29, 0.717) is 16.0 Å². The average molecular weight is 265 g/mol. The van der Waals surface area contributed by atoms with Crippen molar-refractivity contribution in [2.45, 2.75) is 22.9 Å². The van der Waals surface area contributed by atoms with Crippen LogP contribution in [0.1, 0.15) is 12.8 Å². The summed E-state index contributed by atoms with van der Waals surface area (Å²) in [4.78, 5) is 13.3. The third-order valence-corrected chi connectivity index (χ3v) is 2.59. The zero-order chi connectivity index (χ0) is 8.27. The van der Waals surface area contributed by atoms with E-state index in [0.717, 1.165) is 6.42 Å². The molecule has 4 heteroatoms. The molecular formula is C7H8INO2. The highest BCUT2D eigenvalue weighted by atomic mass is 127. The summed E-state index contributed by atoms with van der Waals surface area (Å²) in [7, 11) is 0. The third kappa shape index (κ3) is 2.39. The number of rotatable bonds is 1. The number of alkyl halides is 1. The van der Waals surface area contributed by atoms with Crippen LogP contribution in [-0.2, 0) is 4.79 Å². The van der Waals surface area contributed by atoms with Crippen molar-refractivity contribution in [2.75, 3.05) is 0 Å². The zero-order valence-electron chi connectivity index (χ0n) is 5.83. The number of allylic oxidation sites excluding steroid dienone is 1. The highest BCUT2D eigenvalue weighted by Gasteiger charge is 2.19. The van der Waals surface area contributed by atoms with E-state index < -0.39 is 6.10 Å². The van der Waals surface area contributed by atoms with Gasteiger partial charge in [-0.15, -0.1) is 0 Å². The lowest BCUT2D eigenvalue weighted by molar-refractivity contribution is 0.194. The van der Waals surface area contributed by atoms with Crippen LogP contribution >= 0.6 is 22.6 Å². The lowest BCUT2D eigenvalue weighted by Gasteiger charge is -2.18. The van der Waals surface area contributed by atoms with Gasteiger partial charge in [-0.3, -0.25) is 0 Å². The van der Waals surface area contributed by atoms with Crippen LogP contribution < -0.4 is 0 Å². The van der Waals surface area contributed by atoms with Gasteiger partial charge in [-0.05, 0) is 12.8 Å². The van der Waals surface area contributed by atoms with Gasteiger partial charge in [0.15, 0.2) is 0 Å². The van der Waals surface area contributed by atoms with Gasteiger partial charge in [0.1, 0.15) is 0 Å². The minimum absolute atomic E-state index is 0.452. The second kappa shape index (κ2) is 3.99. The highest BCUT2D eigenvalue weighted by molar-refractivity contribution is 14.1. The quantitative estimate of drug-likeness (QED) is 0.335. The summed E-state index contributed by atoms with van der Waals surface area (Å²) in [5.74, 6) is 0.